The van der Waals surface area contributed by atoms with E-state index in [1.807, 2.05) is 0 Å². The van der Waals surface area contributed by atoms with Gasteiger partial charge in [0.1, 0.15) is 28.9 Å². The van der Waals surface area contributed by atoms with Crippen LogP contribution in [0.3, 0.4) is 0 Å². The van der Waals surface area contributed by atoms with Crippen LogP contribution in [0.5, 0.6) is 11.8 Å². The van der Waals surface area contributed by atoms with Crippen molar-refractivity contribution in [1.29, 1.82) is 0 Å². The summed E-state index contributed by atoms with van der Waals surface area (Å²) >= 11 is 0. The first kappa shape index (κ1) is 29.3. The molecule has 3 fully saturated rings. The number of nitrogens with zero attached hydrogens (tertiary/aromatic N) is 4. The Labute approximate surface area is 249 Å². The minimum absolute atomic E-state index is 0.0602. The van der Waals surface area contributed by atoms with Gasteiger partial charge in [-0.15, -0.1) is 0 Å². The molecule has 7 rings (SSSR count). The number of alkyl halides is 1. The van der Waals surface area contributed by atoms with Crippen LogP contribution < -0.4 is 15.3 Å². The van der Waals surface area contributed by atoms with E-state index in [1.54, 1.807) is 19.1 Å². The van der Waals surface area contributed by atoms with E-state index in [-0.39, 0.29) is 33.9 Å². The predicted molar refractivity (Wildman–Crippen MR) is 163 cm³/mol. The summed E-state index contributed by atoms with van der Waals surface area (Å²) in [5.41, 5.74) is 0.597. The number of phenolic OH excluding ortho intramolecular Hbond substituents is 1. The molecule has 43 heavy (non-hydrogen) atoms. The quantitative estimate of drug-likeness (QED) is 0.292. The van der Waals surface area contributed by atoms with E-state index in [1.165, 1.54) is 38.2 Å². The fraction of sp³-hybridized carbons (Fsp3) is 0.485. The molecule has 8 nitrogen and oxygen atoms in total. The summed E-state index contributed by atoms with van der Waals surface area (Å²) in [5.74, 6) is 0.765. The van der Waals surface area contributed by atoms with Gasteiger partial charge in [0.25, 0.3) is 0 Å². The van der Waals surface area contributed by atoms with Crippen LogP contribution in [0, 0.1) is 18.7 Å². The number of phenols is 1. The average molecular weight is 593 g/mol. The van der Waals surface area contributed by atoms with Crippen LogP contribution in [0.2, 0.25) is 0 Å². The van der Waals surface area contributed by atoms with E-state index in [0.29, 0.717) is 40.8 Å². The maximum atomic E-state index is 14.8. The van der Waals surface area contributed by atoms with E-state index >= 15 is 0 Å². The topological polar surface area (TPSA) is 91.9 Å². The molecule has 4 aromatic rings. The second-order valence-corrected chi connectivity index (χ2v) is 11.9. The summed E-state index contributed by atoms with van der Waals surface area (Å²) in [5, 5.41) is 11.3. The molecule has 3 saturated heterocycles. The van der Waals surface area contributed by atoms with Gasteiger partial charge >= 0.3 is 11.6 Å². The number of benzene rings is 2. The van der Waals surface area contributed by atoms with Crippen LogP contribution in [0.15, 0.2) is 39.5 Å². The Morgan fingerprint density at radius 1 is 1.12 bits per heavy atom. The third-order valence-electron chi connectivity index (χ3n) is 9.25. The standard InChI is InChI=1S/C26H26FN3O4.C7H12FN/c1-4-15-8-10-30(11-9-15)24-21-22(28-26(29-24)33-3)14(2)23(34-25(21)32)18-13-17(31)12-16-6-5-7-19(27)20(16)18;8-6-4-7-2-1-3-9(7)5-6/h5-7,12-13,15,31H,4,8-11H2,1-3H3;6-7H,1-5H2. The van der Waals surface area contributed by atoms with Crippen molar-refractivity contribution in [3.05, 3.63) is 52.1 Å². The first-order chi connectivity index (χ1) is 20.8. The van der Waals surface area contributed by atoms with Gasteiger partial charge < -0.3 is 19.2 Å². The number of anilines is 1. The van der Waals surface area contributed by atoms with Gasteiger partial charge in [0.05, 0.1) is 12.6 Å². The number of aryl methyl sites for hydroxylation is 1. The zero-order valence-corrected chi connectivity index (χ0v) is 24.9. The molecule has 0 aliphatic carbocycles. The van der Waals surface area contributed by atoms with Crippen molar-refractivity contribution in [2.24, 2.45) is 5.92 Å². The van der Waals surface area contributed by atoms with Gasteiger partial charge in [-0.1, -0.05) is 25.5 Å². The van der Waals surface area contributed by atoms with Crippen molar-refractivity contribution in [1.82, 2.24) is 14.9 Å². The Balaban J connectivity index is 0.000000310. The molecule has 2 atom stereocenters. The van der Waals surface area contributed by atoms with Crippen LogP contribution in [0.25, 0.3) is 33.0 Å². The van der Waals surface area contributed by atoms with Crippen molar-refractivity contribution < 1.29 is 23.0 Å². The highest BCUT2D eigenvalue weighted by Gasteiger charge is 2.34. The van der Waals surface area contributed by atoms with Gasteiger partial charge in [0.15, 0.2) is 5.82 Å². The molecule has 0 spiro atoms. The Hall–Kier alpha value is -3.79. The van der Waals surface area contributed by atoms with Crippen LogP contribution in [0.1, 0.15) is 51.0 Å². The summed E-state index contributed by atoms with van der Waals surface area (Å²) in [4.78, 5) is 26.7. The van der Waals surface area contributed by atoms with Crippen LogP contribution in [0.4, 0.5) is 14.6 Å². The molecule has 228 valence electrons. The van der Waals surface area contributed by atoms with Gasteiger partial charge in [-0.05, 0) is 75.1 Å². The van der Waals surface area contributed by atoms with Gasteiger partial charge in [-0.25, -0.2) is 13.6 Å². The number of hydrogen-bond acceptors (Lipinski definition) is 8. The third kappa shape index (κ3) is 5.64. The number of halogens is 2. The maximum absolute atomic E-state index is 14.8. The molecule has 2 aromatic heterocycles. The number of aromatic nitrogens is 2. The van der Waals surface area contributed by atoms with E-state index in [9.17, 15) is 18.7 Å². The lowest BCUT2D eigenvalue weighted by Crippen LogP contribution is -2.35. The Kier molecular flexibility index (Phi) is 8.22. The van der Waals surface area contributed by atoms with E-state index in [4.69, 9.17) is 9.15 Å². The van der Waals surface area contributed by atoms with Gasteiger partial charge in [-0.2, -0.15) is 9.97 Å². The van der Waals surface area contributed by atoms with Gasteiger partial charge in [0.2, 0.25) is 0 Å². The van der Waals surface area contributed by atoms with E-state index < -0.39 is 17.6 Å². The summed E-state index contributed by atoms with van der Waals surface area (Å²) < 4.78 is 38.6. The fourth-order valence-electron chi connectivity index (χ4n) is 6.92. The summed E-state index contributed by atoms with van der Waals surface area (Å²) in [6, 6.07) is 8.22. The smallest absolute Gasteiger partial charge is 0.349 e. The molecular weight excluding hydrogens is 554 g/mol. The van der Waals surface area contributed by atoms with Crippen LogP contribution >= 0.6 is 0 Å². The van der Waals surface area contributed by atoms with Crippen molar-refractivity contribution in [3.8, 4) is 23.1 Å². The first-order valence-electron chi connectivity index (χ1n) is 15.2. The number of hydrogen-bond donors (Lipinski definition) is 1. The number of aromatic hydroxyl groups is 1. The fourth-order valence-corrected chi connectivity index (χ4v) is 6.92. The normalized spacial score (nSPS) is 20.8. The molecule has 5 heterocycles. The van der Waals surface area contributed by atoms with Crippen molar-refractivity contribution in [2.75, 3.05) is 38.2 Å². The lowest BCUT2D eigenvalue weighted by atomic mass is 9.94. The molecule has 0 amide bonds. The molecule has 0 saturated carbocycles. The Morgan fingerprint density at radius 3 is 2.63 bits per heavy atom. The average Bonchev–Trinajstić information content (AvgIpc) is 3.59. The molecule has 10 heteroatoms. The number of fused-ring (bicyclic) bond motifs is 3. The van der Waals surface area contributed by atoms with Crippen LogP contribution in [-0.4, -0.2) is 65.5 Å². The lowest BCUT2D eigenvalue weighted by molar-refractivity contribution is 0.292. The molecule has 0 radical (unpaired) electrons. The van der Waals surface area contributed by atoms with Crippen molar-refractivity contribution >= 4 is 27.5 Å². The van der Waals surface area contributed by atoms with E-state index in [2.05, 4.69) is 26.7 Å². The zero-order chi connectivity index (χ0) is 30.2. The van der Waals surface area contributed by atoms with E-state index in [0.717, 1.165) is 45.3 Å². The van der Waals surface area contributed by atoms with Crippen LogP contribution in [-0.2, 0) is 0 Å². The predicted octanol–water partition coefficient (Wildman–Crippen LogP) is 6.38. The second kappa shape index (κ2) is 12.1. The minimum atomic E-state index is -0.612. The summed E-state index contributed by atoms with van der Waals surface area (Å²) in [7, 11) is 1.48. The molecule has 3 aliphatic rings. The first-order valence-corrected chi connectivity index (χ1v) is 15.2. The molecular formula is C33H38F2N4O4. The van der Waals surface area contributed by atoms with Gasteiger partial charge in [0, 0.05) is 42.2 Å². The van der Waals surface area contributed by atoms with Crippen molar-refractivity contribution in [2.45, 2.75) is 64.6 Å². The molecule has 3 aliphatic heterocycles. The minimum Gasteiger partial charge on any atom is -0.508 e. The molecule has 2 aromatic carbocycles. The highest BCUT2D eigenvalue weighted by atomic mass is 19.1. The third-order valence-corrected chi connectivity index (χ3v) is 9.25. The SMILES string of the molecule is CCC1CCN(c2nc(OC)nc3c(C)c(-c4cc(O)cc5cccc(F)c45)oc(=O)c23)CC1.FC1CC2CCCN2C1. The maximum Gasteiger partial charge on any atom is 0.349 e. The number of piperidine rings is 1. The second-order valence-electron chi connectivity index (χ2n) is 11.9. The highest BCUT2D eigenvalue weighted by molar-refractivity contribution is 6.00. The highest BCUT2D eigenvalue weighted by Crippen LogP contribution is 2.38. The molecule has 0 bridgehead atoms. The number of ether oxygens (including phenoxy) is 1. The Morgan fingerprint density at radius 2 is 1.91 bits per heavy atom. The zero-order valence-electron chi connectivity index (χ0n) is 24.9. The summed E-state index contributed by atoms with van der Waals surface area (Å²) in [6.07, 6.45) is 5.97. The monoisotopic (exact) mass is 592 g/mol. The van der Waals surface area contributed by atoms with Gasteiger partial charge in [-0.3, -0.25) is 4.90 Å². The summed E-state index contributed by atoms with van der Waals surface area (Å²) in [6.45, 7) is 7.36. The lowest BCUT2D eigenvalue weighted by Gasteiger charge is -2.32. The molecule has 1 N–H and O–H groups in total. The number of methoxy groups -OCH3 is 1. The Bertz CT molecular complexity index is 1690. The number of rotatable bonds is 4. The largest absolute Gasteiger partial charge is 0.508 e. The molecule has 2 unspecified atom stereocenters. The van der Waals surface area contributed by atoms with Crippen molar-refractivity contribution in [3.63, 3.8) is 0 Å².